The third-order valence-corrected chi connectivity index (χ3v) is 6.42. The van der Waals surface area contributed by atoms with E-state index in [0.717, 1.165) is 40.4 Å². The fourth-order valence-corrected chi connectivity index (χ4v) is 5.16. The molecule has 2 heterocycles. The van der Waals surface area contributed by atoms with Crippen molar-refractivity contribution in [1.29, 1.82) is 0 Å². The lowest BCUT2D eigenvalue weighted by Gasteiger charge is -2.33. The molecule has 1 unspecified atom stereocenters. The van der Waals surface area contributed by atoms with E-state index in [4.69, 9.17) is 0 Å². The number of aryl methyl sites for hydroxylation is 1. The van der Waals surface area contributed by atoms with Crippen LogP contribution in [0.5, 0.6) is 0 Å². The lowest BCUT2D eigenvalue weighted by Crippen LogP contribution is -2.41. The number of anilines is 1. The molecule has 4 rings (SSSR count). The number of rotatable bonds is 4. The van der Waals surface area contributed by atoms with Gasteiger partial charge in [-0.2, -0.15) is 11.8 Å². The van der Waals surface area contributed by atoms with Crippen molar-refractivity contribution in [2.75, 3.05) is 29.9 Å². The summed E-state index contributed by atoms with van der Waals surface area (Å²) in [6.45, 7) is 3.92. The van der Waals surface area contributed by atoms with Crippen molar-refractivity contribution in [2.24, 2.45) is 0 Å². The molecule has 0 aliphatic carbocycles. The van der Waals surface area contributed by atoms with Crippen LogP contribution >= 0.6 is 23.1 Å². The molecule has 1 N–H and O–H groups in total. The quantitative estimate of drug-likeness (QED) is 0.728. The van der Waals surface area contributed by atoms with Gasteiger partial charge in [0.2, 0.25) is 5.91 Å². The maximum Gasteiger partial charge on any atom is 0.248 e. The number of fused-ring (bicyclic) bond motifs is 1. The van der Waals surface area contributed by atoms with Gasteiger partial charge in [0.05, 0.1) is 10.2 Å². The van der Waals surface area contributed by atoms with Gasteiger partial charge in [0.15, 0.2) is 5.13 Å². The fourth-order valence-electron chi connectivity index (χ4n) is 3.26. The maximum absolute atomic E-state index is 13.2. The van der Waals surface area contributed by atoms with Crippen LogP contribution < -0.4 is 5.32 Å². The molecule has 1 aliphatic heterocycles. The Bertz CT molecular complexity index is 904. The molecule has 1 atom stereocenters. The summed E-state index contributed by atoms with van der Waals surface area (Å²) in [6.07, 6.45) is 0. The minimum Gasteiger partial charge on any atom is -0.300 e. The van der Waals surface area contributed by atoms with Crippen LogP contribution in [0.25, 0.3) is 10.2 Å². The molecular weight excluding hydrogens is 362 g/mol. The van der Waals surface area contributed by atoms with Gasteiger partial charge >= 0.3 is 0 Å². The Morgan fingerprint density at radius 2 is 1.92 bits per heavy atom. The van der Waals surface area contributed by atoms with E-state index in [1.807, 2.05) is 54.2 Å². The third-order valence-electron chi connectivity index (χ3n) is 4.55. The van der Waals surface area contributed by atoms with Gasteiger partial charge in [-0.05, 0) is 30.2 Å². The standard InChI is InChI=1S/C20H21N3OS2/c1-14-7-8-16-17(13-14)26-20(21-16)22-19(24)18(15-5-3-2-4-6-15)23-9-11-25-12-10-23/h2-8,13,18H,9-12H2,1H3,(H,21,22,24). The number of nitrogens with one attached hydrogen (secondary N) is 1. The van der Waals surface area contributed by atoms with E-state index in [1.54, 1.807) is 0 Å². The van der Waals surface area contributed by atoms with E-state index >= 15 is 0 Å². The summed E-state index contributed by atoms with van der Waals surface area (Å²) in [4.78, 5) is 20.0. The average molecular weight is 384 g/mol. The van der Waals surface area contributed by atoms with Crippen LogP contribution in [-0.4, -0.2) is 40.4 Å². The second-order valence-corrected chi connectivity index (χ2v) is 8.70. The number of nitrogens with zero attached hydrogens (tertiary/aromatic N) is 2. The Hall–Kier alpha value is -1.89. The smallest absolute Gasteiger partial charge is 0.248 e. The number of carbonyl (C=O) groups excluding carboxylic acids is 1. The molecule has 134 valence electrons. The van der Waals surface area contributed by atoms with Crippen molar-refractivity contribution in [3.05, 3.63) is 59.7 Å². The highest BCUT2D eigenvalue weighted by atomic mass is 32.2. The molecule has 1 saturated heterocycles. The zero-order valence-electron chi connectivity index (χ0n) is 14.6. The Morgan fingerprint density at radius 1 is 1.15 bits per heavy atom. The van der Waals surface area contributed by atoms with Gasteiger partial charge in [-0.25, -0.2) is 4.98 Å². The van der Waals surface area contributed by atoms with Gasteiger partial charge in [-0.3, -0.25) is 9.69 Å². The first-order chi connectivity index (χ1) is 12.7. The minimum atomic E-state index is -0.272. The molecule has 3 aromatic rings. The number of aromatic nitrogens is 1. The molecule has 1 amide bonds. The Labute approximate surface area is 161 Å². The van der Waals surface area contributed by atoms with Crippen molar-refractivity contribution in [3.8, 4) is 0 Å². The normalized spacial score (nSPS) is 16.5. The molecule has 0 bridgehead atoms. The number of hydrogen-bond acceptors (Lipinski definition) is 5. The van der Waals surface area contributed by atoms with E-state index < -0.39 is 0 Å². The molecule has 2 aromatic carbocycles. The first-order valence-corrected chi connectivity index (χ1v) is 10.7. The molecule has 6 heteroatoms. The van der Waals surface area contributed by atoms with Gasteiger partial charge in [0, 0.05) is 24.6 Å². The van der Waals surface area contributed by atoms with Crippen LogP contribution in [0.4, 0.5) is 5.13 Å². The Balaban J connectivity index is 1.60. The summed E-state index contributed by atoms with van der Waals surface area (Å²) >= 11 is 3.48. The highest BCUT2D eigenvalue weighted by molar-refractivity contribution is 7.99. The average Bonchev–Trinajstić information content (AvgIpc) is 3.05. The summed E-state index contributed by atoms with van der Waals surface area (Å²) in [6, 6.07) is 15.9. The van der Waals surface area contributed by atoms with E-state index in [0.29, 0.717) is 5.13 Å². The Morgan fingerprint density at radius 3 is 2.69 bits per heavy atom. The maximum atomic E-state index is 13.2. The second kappa shape index (κ2) is 7.78. The number of thiazole rings is 1. The Kier molecular flexibility index (Phi) is 5.24. The summed E-state index contributed by atoms with van der Waals surface area (Å²) < 4.78 is 1.10. The lowest BCUT2D eigenvalue weighted by molar-refractivity contribution is -0.121. The van der Waals surface area contributed by atoms with Gasteiger partial charge in [0.1, 0.15) is 6.04 Å². The summed E-state index contributed by atoms with van der Waals surface area (Å²) in [5, 5.41) is 3.74. The van der Waals surface area contributed by atoms with Crippen molar-refractivity contribution in [2.45, 2.75) is 13.0 Å². The molecule has 0 saturated carbocycles. The van der Waals surface area contributed by atoms with Crippen LogP contribution in [-0.2, 0) is 4.79 Å². The van der Waals surface area contributed by atoms with Crippen LogP contribution in [0, 0.1) is 6.92 Å². The van der Waals surface area contributed by atoms with E-state index in [-0.39, 0.29) is 11.9 Å². The van der Waals surface area contributed by atoms with Crippen LogP contribution in [0.1, 0.15) is 17.2 Å². The monoisotopic (exact) mass is 383 g/mol. The predicted molar refractivity (Wildman–Crippen MR) is 111 cm³/mol. The lowest BCUT2D eigenvalue weighted by atomic mass is 10.0. The number of benzene rings is 2. The fraction of sp³-hybridized carbons (Fsp3) is 0.300. The minimum absolute atomic E-state index is 0.00104. The number of thioether (sulfide) groups is 1. The topological polar surface area (TPSA) is 45.2 Å². The van der Waals surface area contributed by atoms with Gasteiger partial charge in [0.25, 0.3) is 0 Å². The van der Waals surface area contributed by atoms with E-state index in [2.05, 4.69) is 28.2 Å². The molecule has 0 radical (unpaired) electrons. The summed E-state index contributed by atoms with van der Waals surface area (Å²) in [5.41, 5.74) is 3.17. The zero-order chi connectivity index (χ0) is 17.9. The molecule has 4 nitrogen and oxygen atoms in total. The van der Waals surface area contributed by atoms with Crippen molar-refractivity contribution < 1.29 is 4.79 Å². The number of hydrogen-bond donors (Lipinski definition) is 1. The second-order valence-electron chi connectivity index (χ2n) is 6.44. The molecule has 1 fully saturated rings. The van der Waals surface area contributed by atoms with Crippen molar-refractivity contribution >= 4 is 44.4 Å². The molecule has 0 spiro atoms. The van der Waals surface area contributed by atoms with Gasteiger partial charge in [-0.1, -0.05) is 47.7 Å². The highest BCUT2D eigenvalue weighted by Crippen LogP contribution is 2.30. The highest BCUT2D eigenvalue weighted by Gasteiger charge is 2.29. The van der Waals surface area contributed by atoms with Crippen LogP contribution in [0.2, 0.25) is 0 Å². The van der Waals surface area contributed by atoms with Gasteiger partial charge < -0.3 is 5.32 Å². The molecule has 26 heavy (non-hydrogen) atoms. The van der Waals surface area contributed by atoms with Crippen molar-refractivity contribution in [3.63, 3.8) is 0 Å². The van der Waals surface area contributed by atoms with Crippen molar-refractivity contribution in [1.82, 2.24) is 9.88 Å². The number of carbonyl (C=O) groups is 1. The third kappa shape index (κ3) is 3.77. The van der Waals surface area contributed by atoms with E-state index in [9.17, 15) is 4.79 Å². The van der Waals surface area contributed by atoms with Gasteiger partial charge in [-0.15, -0.1) is 0 Å². The summed E-state index contributed by atoms with van der Waals surface area (Å²) in [5.74, 6) is 2.13. The first-order valence-electron chi connectivity index (χ1n) is 8.75. The largest absolute Gasteiger partial charge is 0.300 e. The molecule has 1 aliphatic rings. The molecular formula is C20H21N3OS2. The first kappa shape index (κ1) is 17.5. The SMILES string of the molecule is Cc1ccc2nc(NC(=O)C(c3ccccc3)N3CCSCC3)sc2c1. The zero-order valence-corrected chi connectivity index (χ0v) is 16.3. The van der Waals surface area contributed by atoms with Crippen LogP contribution in [0.15, 0.2) is 48.5 Å². The summed E-state index contributed by atoms with van der Waals surface area (Å²) in [7, 11) is 0. The number of amides is 1. The predicted octanol–water partition coefficient (Wildman–Crippen LogP) is 4.33. The molecule has 1 aromatic heterocycles. The van der Waals surface area contributed by atoms with Crippen LogP contribution in [0.3, 0.4) is 0 Å². The van der Waals surface area contributed by atoms with E-state index in [1.165, 1.54) is 16.9 Å².